The third kappa shape index (κ3) is 2.26. The van der Waals surface area contributed by atoms with E-state index in [-0.39, 0.29) is 6.61 Å². The second kappa shape index (κ2) is 5.56. The molecule has 0 aliphatic heterocycles. The Morgan fingerprint density at radius 3 is 2.80 bits per heavy atom. The van der Waals surface area contributed by atoms with Crippen molar-refractivity contribution in [3.8, 4) is 11.6 Å². The van der Waals surface area contributed by atoms with Crippen molar-refractivity contribution in [3.63, 3.8) is 0 Å². The fourth-order valence-electron chi connectivity index (χ4n) is 2.06. The maximum absolute atomic E-state index is 9.56. The summed E-state index contributed by atoms with van der Waals surface area (Å²) in [5.41, 5.74) is 1.41. The smallest absolute Gasteiger partial charge is 0.243 e. The molecule has 0 fully saturated rings. The molecule has 4 nitrogen and oxygen atoms in total. The van der Waals surface area contributed by atoms with Crippen LogP contribution in [0.4, 0.5) is 0 Å². The van der Waals surface area contributed by atoms with Gasteiger partial charge in [-0.2, -0.15) is 4.98 Å². The van der Waals surface area contributed by atoms with Crippen molar-refractivity contribution in [1.29, 1.82) is 0 Å². The highest BCUT2D eigenvalue weighted by molar-refractivity contribution is 7.98. The molecular weight excluding hydrogens is 272 g/mol. The van der Waals surface area contributed by atoms with Crippen LogP contribution in [0.1, 0.15) is 5.69 Å². The van der Waals surface area contributed by atoms with E-state index in [2.05, 4.69) is 4.98 Å². The second-order valence-corrected chi connectivity index (χ2v) is 5.05. The van der Waals surface area contributed by atoms with Gasteiger partial charge in [-0.3, -0.25) is 4.40 Å². The number of pyridine rings is 1. The van der Waals surface area contributed by atoms with Crippen molar-refractivity contribution >= 4 is 17.4 Å². The Balaban J connectivity index is 2.06. The number of hydrogen-bond donors (Lipinski definition) is 1. The van der Waals surface area contributed by atoms with E-state index in [1.807, 2.05) is 59.3 Å². The first-order valence-electron chi connectivity index (χ1n) is 6.21. The molecule has 0 aliphatic rings. The highest BCUT2D eigenvalue weighted by atomic mass is 32.2. The molecule has 0 saturated heterocycles. The first-order valence-corrected chi connectivity index (χ1v) is 7.43. The minimum atomic E-state index is -0.123. The molecule has 0 aliphatic carbocycles. The number of fused-ring (bicyclic) bond motifs is 1. The van der Waals surface area contributed by atoms with Crippen LogP contribution in [-0.4, -0.2) is 20.7 Å². The zero-order valence-electron chi connectivity index (χ0n) is 11.0. The van der Waals surface area contributed by atoms with Gasteiger partial charge >= 0.3 is 0 Å². The number of aliphatic hydroxyl groups excluding tert-OH is 1. The topological polar surface area (TPSA) is 46.8 Å². The Kier molecular flexibility index (Phi) is 3.62. The number of thioether (sulfide) groups is 1. The predicted molar refractivity (Wildman–Crippen MR) is 79.4 cm³/mol. The maximum atomic E-state index is 9.56. The molecule has 2 heterocycles. The Labute approximate surface area is 121 Å². The summed E-state index contributed by atoms with van der Waals surface area (Å²) in [6.45, 7) is -0.123. The van der Waals surface area contributed by atoms with Crippen molar-refractivity contribution in [2.24, 2.45) is 0 Å². The largest absolute Gasteiger partial charge is 0.436 e. The second-order valence-electron chi connectivity index (χ2n) is 4.20. The van der Waals surface area contributed by atoms with Crippen molar-refractivity contribution in [1.82, 2.24) is 9.38 Å². The lowest BCUT2D eigenvalue weighted by molar-refractivity contribution is 0.269. The molecule has 3 aromatic rings. The van der Waals surface area contributed by atoms with Gasteiger partial charge < -0.3 is 9.84 Å². The number of ether oxygens (including phenoxy) is 1. The zero-order valence-corrected chi connectivity index (χ0v) is 11.8. The summed E-state index contributed by atoms with van der Waals surface area (Å²) in [5, 5.41) is 9.56. The number of nitrogens with zero attached hydrogens (tertiary/aromatic N) is 2. The van der Waals surface area contributed by atoms with Crippen LogP contribution in [0.5, 0.6) is 11.6 Å². The standard InChI is InChI=1S/C15H14N2O2S/c1-20-13-7-3-2-6-12(13)19-15-11(10-18)17-9-5-4-8-14(17)16-15/h2-9,18H,10H2,1H3. The molecule has 0 saturated carbocycles. The summed E-state index contributed by atoms with van der Waals surface area (Å²) in [4.78, 5) is 5.46. The monoisotopic (exact) mass is 286 g/mol. The number of hydrogen-bond acceptors (Lipinski definition) is 4. The molecule has 0 amide bonds. The molecule has 0 radical (unpaired) electrons. The van der Waals surface area contributed by atoms with Crippen LogP contribution in [0.15, 0.2) is 53.6 Å². The molecule has 102 valence electrons. The van der Waals surface area contributed by atoms with Gasteiger partial charge in [0.25, 0.3) is 0 Å². The van der Waals surface area contributed by atoms with Crippen LogP contribution in [0.2, 0.25) is 0 Å². The first-order chi connectivity index (χ1) is 9.83. The van der Waals surface area contributed by atoms with E-state index < -0.39 is 0 Å². The number of aromatic nitrogens is 2. The number of rotatable bonds is 4. The van der Waals surface area contributed by atoms with Crippen LogP contribution in [0.25, 0.3) is 5.65 Å². The third-order valence-electron chi connectivity index (χ3n) is 3.02. The number of benzene rings is 1. The zero-order chi connectivity index (χ0) is 13.9. The summed E-state index contributed by atoms with van der Waals surface area (Å²) < 4.78 is 7.73. The van der Waals surface area contributed by atoms with Crippen molar-refractivity contribution in [2.75, 3.05) is 6.26 Å². The van der Waals surface area contributed by atoms with Gasteiger partial charge in [-0.15, -0.1) is 11.8 Å². The fraction of sp³-hybridized carbons (Fsp3) is 0.133. The van der Waals surface area contributed by atoms with Gasteiger partial charge in [-0.1, -0.05) is 18.2 Å². The minimum Gasteiger partial charge on any atom is -0.436 e. The van der Waals surface area contributed by atoms with Gasteiger partial charge in [-0.05, 0) is 30.5 Å². The van der Waals surface area contributed by atoms with E-state index in [9.17, 15) is 5.11 Å². The summed E-state index contributed by atoms with van der Waals surface area (Å²) in [5.74, 6) is 1.19. The highest BCUT2D eigenvalue weighted by Crippen LogP contribution is 2.32. The van der Waals surface area contributed by atoms with E-state index in [0.717, 1.165) is 16.3 Å². The minimum absolute atomic E-state index is 0.123. The highest BCUT2D eigenvalue weighted by Gasteiger charge is 2.14. The summed E-state index contributed by atoms with van der Waals surface area (Å²) >= 11 is 1.61. The molecule has 5 heteroatoms. The van der Waals surface area contributed by atoms with E-state index in [1.54, 1.807) is 11.8 Å². The molecule has 20 heavy (non-hydrogen) atoms. The molecule has 2 aromatic heterocycles. The van der Waals surface area contributed by atoms with Crippen molar-refractivity contribution < 1.29 is 9.84 Å². The molecule has 0 spiro atoms. The van der Waals surface area contributed by atoms with Gasteiger partial charge in [0.15, 0.2) is 0 Å². The van der Waals surface area contributed by atoms with Gasteiger partial charge in [0.1, 0.15) is 17.1 Å². The third-order valence-corrected chi connectivity index (χ3v) is 3.79. The van der Waals surface area contributed by atoms with Crippen molar-refractivity contribution in [2.45, 2.75) is 11.5 Å². The SMILES string of the molecule is CSc1ccccc1Oc1nc2ccccn2c1CO. The van der Waals surface area contributed by atoms with E-state index in [4.69, 9.17) is 4.74 Å². The van der Waals surface area contributed by atoms with Gasteiger partial charge in [-0.25, -0.2) is 0 Å². The Morgan fingerprint density at radius 2 is 2.00 bits per heavy atom. The first kappa shape index (κ1) is 13.0. The molecule has 1 aromatic carbocycles. The van der Waals surface area contributed by atoms with E-state index in [1.165, 1.54) is 0 Å². The van der Waals surface area contributed by atoms with Crippen LogP contribution >= 0.6 is 11.8 Å². The molecule has 1 N–H and O–H groups in total. The Hall–Kier alpha value is -1.98. The molecular formula is C15H14N2O2S. The van der Waals surface area contributed by atoms with Crippen molar-refractivity contribution in [3.05, 3.63) is 54.4 Å². The lowest BCUT2D eigenvalue weighted by Gasteiger charge is -2.08. The quantitative estimate of drug-likeness (QED) is 0.747. The lowest BCUT2D eigenvalue weighted by atomic mass is 10.3. The van der Waals surface area contributed by atoms with Crippen LogP contribution in [-0.2, 0) is 6.61 Å². The lowest BCUT2D eigenvalue weighted by Crippen LogP contribution is -1.95. The van der Waals surface area contributed by atoms with E-state index in [0.29, 0.717) is 11.6 Å². The van der Waals surface area contributed by atoms with Gasteiger partial charge in [0.05, 0.1) is 6.61 Å². The molecule has 0 atom stereocenters. The Bertz CT molecular complexity index is 740. The summed E-state index contributed by atoms with van der Waals surface area (Å²) in [6, 6.07) is 13.5. The summed E-state index contributed by atoms with van der Waals surface area (Å²) in [6.07, 6.45) is 3.86. The average molecular weight is 286 g/mol. The Morgan fingerprint density at radius 1 is 1.20 bits per heavy atom. The van der Waals surface area contributed by atoms with E-state index >= 15 is 0 Å². The van der Waals surface area contributed by atoms with Gasteiger partial charge in [0.2, 0.25) is 5.88 Å². The molecule has 3 rings (SSSR count). The number of para-hydroxylation sites is 1. The maximum Gasteiger partial charge on any atom is 0.243 e. The fourth-order valence-corrected chi connectivity index (χ4v) is 2.58. The van der Waals surface area contributed by atoms with Crippen LogP contribution in [0.3, 0.4) is 0 Å². The molecule has 0 bridgehead atoms. The van der Waals surface area contributed by atoms with Crippen LogP contribution in [0, 0.1) is 0 Å². The average Bonchev–Trinajstić information content (AvgIpc) is 2.85. The number of aliphatic hydroxyl groups is 1. The number of imidazole rings is 1. The van der Waals surface area contributed by atoms with Gasteiger partial charge in [0, 0.05) is 11.1 Å². The molecule has 0 unspecified atom stereocenters. The van der Waals surface area contributed by atoms with Crippen LogP contribution < -0.4 is 4.74 Å². The summed E-state index contributed by atoms with van der Waals surface area (Å²) in [7, 11) is 0. The normalized spacial score (nSPS) is 10.9. The predicted octanol–water partition coefficient (Wildman–Crippen LogP) is 3.34.